The van der Waals surface area contributed by atoms with Gasteiger partial charge >= 0.3 is 11.9 Å². The number of nitriles is 1. The van der Waals surface area contributed by atoms with Crippen LogP contribution in [0.5, 0.6) is 0 Å². The molecule has 270 valence electrons. The number of rotatable bonds is 8. The number of ether oxygens (including phenoxy) is 4. The summed E-state index contributed by atoms with van der Waals surface area (Å²) in [7, 11) is -4.15. The zero-order valence-corrected chi connectivity index (χ0v) is 30.3. The highest BCUT2D eigenvalue weighted by molar-refractivity contribution is 7.89. The number of pyridine rings is 1. The molecule has 4 atom stereocenters. The maximum Gasteiger partial charge on any atom is 0.355 e. The minimum absolute atomic E-state index is 0.0565. The van der Waals surface area contributed by atoms with Crippen LogP contribution in [0.4, 0.5) is 0 Å². The van der Waals surface area contributed by atoms with E-state index in [1.165, 1.54) is 27.1 Å². The lowest BCUT2D eigenvalue weighted by atomic mass is 9.73. The molecule has 12 nitrogen and oxygen atoms in total. The van der Waals surface area contributed by atoms with Crippen LogP contribution in [0.15, 0.2) is 40.0 Å². The average Bonchev–Trinajstić information content (AvgIpc) is 3.47. The van der Waals surface area contributed by atoms with Crippen molar-refractivity contribution in [2.45, 2.75) is 108 Å². The van der Waals surface area contributed by atoms with E-state index in [4.69, 9.17) is 18.9 Å². The Morgan fingerprint density at radius 3 is 2.36 bits per heavy atom. The molecule has 1 aromatic heterocycles. The number of nitrogens with zero attached hydrogens (tertiary/aromatic N) is 3. The van der Waals surface area contributed by atoms with Gasteiger partial charge in [-0.25, -0.2) is 13.2 Å². The first kappa shape index (κ1) is 36.2. The molecule has 2 unspecified atom stereocenters. The Bertz CT molecular complexity index is 1850. The second-order valence-electron chi connectivity index (χ2n) is 15.0. The first-order valence-electron chi connectivity index (χ1n) is 17.6. The van der Waals surface area contributed by atoms with Gasteiger partial charge in [0.1, 0.15) is 17.7 Å². The van der Waals surface area contributed by atoms with Gasteiger partial charge in [-0.05, 0) is 63.1 Å². The Morgan fingerprint density at radius 1 is 1.08 bits per heavy atom. The van der Waals surface area contributed by atoms with Crippen LogP contribution in [-0.2, 0) is 57.1 Å². The molecule has 4 heterocycles. The predicted octanol–water partition coefficient (Wildman–Crippen LogP) is 4.34. The maximum atomic E-state index is 14.6. The van der Waals surface area contributed by atoms with Crippen molar-refractivity contribution in [1.82, 2.24) is 8.87 Å². The molecular formula is C37H47N3O9S. The van der Waals surface area contributed by atoms with Gasteiger partial charge in [-0.1, -0.05) is 57.7 Å². The van der Waals surface area contributed by atoms with Crippen molar-refractivity contribution in [2.75, 3.05) is 26.4 Å². The predicted molar refractivity (Wildman–Crippen MR) is 181 cm³/mol. The van der Waals surface area contributed by atoms with Crippen LogP contribution in [0.1, 0.15) is 88.6 Å². The number of hydrogen-bond acceptors (Lipinski definition) is 10. The van der Waals surface area contributed by atoms with Gasteiger partial charge in [0.25, 0.3) is 5.56 Å². The van der Waals surface area contributed by atoms with E-state index >= 15 is 0 Å². The zero-order valence-electron chi connectivity index (χ0n) is 29.5. The second kappa shape index (κ2) is 13.5. The van der Waals surface area contributed by atoms with Crippen LogP contribution in [0.2, 0.25) is 0 Å². The standard InChI is InChI=1S/C37H47N3O9S/c1-6-37(34(43)46-7-2,30-17-27-18-36(47-22-35(4,5)23-48-36)21-39(27)32(41)29(30)19-38)49-33(42)31-16-25-10-8-9-11-26(25)20-40(31)50(44,45)28-14-12-24(3)13-15-28/h12-15,17,25-26,31H,6-11,16,18,20-23H2,1-5H3/t25?,26?,31-,37+/m1/s1. The molecule has 1 spiro atoms. The summed E-state index contributed by atoms with van der Waals surface area (Å²) in [4.78, 5) is 42.6. The van der Waals surface area contributed by atoms with E-state index < -0.39 is 45.0 Å². The summed E-state index contributed by atoms with van der Waals surface area (Å²) in [5, 5.41) is 10.4. The van der Waals surface area contributed by atoms with Crippen LogP contribution in [0.25, 0.3) is 0 Å². The topological polar surface area (TPSA) is 154 Å². The molecule has 13 heteroatoms. The van der Waals surface area contributed by atoms with Crippen molar-refractivity contribution in [3.05, 3.63) is 63.1 Å². The van der Waals surface area contributed by atoms with Crippen LogP contribution in [-0.4, -0.2) is 67.4 Å². The molecule has 0 amide bonds. The molecule has 1 aromatic carbocycles. The average molecular weight is 710 g/mol. The second-order valence-corrected chi connectivity index (χ2v) is 16.9. The number of carbonyl (C=O) groups excluding carboxylic acids is 2. The van der Waals surface area contributed by atoms with Gasteiger partial charge in [-0.2, -0.15) is 9.57 Å². The lowest BCUT2D eigenvalue weighted by Crippen LogP contribution is -2.56. The van der Waals surface area contributed by atoms with Gasteiger partial charge in [0.05, 0.1) is 31.3 Å². The van der Waals surface area contributed by atoms with Crippen LogP contribution >= 0.6 is 0 Å². The molecule has 3 aliphatic heterocycles. The van der Waals surface area contributed by atoms with E-state index in [2.05, 4.69) is 0 Å². The van der Waals surface area contributed by atoms with Crippen molar-refractivity contribution >= 4 is 22.0 Å². The Labute approximate surface area is 293 Å². The number of hydrogen-bond donors (Lipinski definition) is 0. The quantitative estimate of drug-likeness (QED) is 0.362. The number of piperidine rings is 1. The van der Waals surface area contributed by atoms with Crippen molar-refractivity contribution in [2.24, 2.45) is 17.3 Å². The Hall–Kier alpha value is -3.57. The molecule has 3 fully saturated rings. The number of benzene rings is 1. The van der Waals surface area contributed by atoms with Crippen molar-refractivity contribution in [1.29, 1.82) is 5.26 Å². The molecule has 1 aliphatic carbocycles. The third-order valence-corrected chi connectivity index (χ3v) is 12.8. The van der Waals surface area contributed by atoms with Crippen LogP contribution < -0.4 is 5.56 Å². The fourth-order valence-electron chi connectivity index (χ4n) is 7.97. The number of aromatic nitrogens is 1. The number of esters is 2. The monoisotopic (exact) mass is 709 g/mol. The number of carbonyl (C=O) groups is 2. The first-order valence-corrected chi connectivity index (χ1v) is 19.1. The van der Waals surface area contributed by atoms with Crippen molar-refractivity contribution in [3.63, 3.8) is 0 Å². The molecule has 50 heavy (non-hydrogen) atoms. The third kappa shape index (κ3) is 6.40. The third-order valence-electron chi connectivity index (χ3n) is 10.9. The van der Waals surface area contributed by atoms with Crippen LogP contribution in [0.3, 0.4) is 0 Å². The van der Waals surface area contributed by atoms with Gasteiger partial charge < -0.3 is 23.5 Å². The van der Waals surface area contributed by atoms with E-state index in [0.717, 1.165) is 31.2 Å². The van der Waals surface area contributed by atoms with E-state index in [1.807, 2.05) is 26.8 Å². The summed E-state index contributed by atoms with van der Waals surface area (Å²) in [5.74, 6) is -2.82. The molecule has 1 saturated carbocycles. The van der Waals surface area contributed by atoms with E-state index in [9.17, 15) is 28.1 Å². The Kier molecular flexibility index (Phi) is 9.80. The molecule has 2 saturated heterocycles. The van der Waals surface area contributed by atoms with Gasteiger partial charge in [0, 0.05) is 29.6 Å². The molecular weight excluding hydrogens is 662 g/mol. The van der Waals surface area contributed by atoms with Crippen LogP contribution in [0, 0.1) is 35.5 Å². The Morgan fingerprint density at radius 2 is 1.74 bits per heavy atom. The van der Waals surface area contributed by atoms with Crippen molar-refractivity contribution < 1.29 is 37.0 Å². The number of aryl methyl sites for hydroxylation is 1. The van der Waals surface area contributed by atoms with Crippen molar-refractivity contribution in [3.8, 4) is 6.07 Å². The maximum absolute atomic E-state index is 14.6. The normalized spacial score (nSPS) is 25.5. The molecule has 0 radical (unpaired) electrons. The fraction of sp³-hybridized carbons (Fsp3) is 0.622. The molecule has 2 aromatic rings. The Balaban J connectivity index is 1.41. The zero-order chi connectivity index (χ0) is 36.1. The van der Waals surface area contributed by atoms with E-state index in [1.54, 1.807) is 26.0 Å². The van der Waals surface area contributed by atoms with Gasteiger partial charge in [0.15, 0.2) is 5.79 Å². The first-order chi connectivity index (χ1) is 23.7. The summed E-state index contributed by atoms with van der Waals surface area (Å²) in [5.41, 5.74) is -2.22. The van der Waals surface area contributed by atoms with Gasteiger partial charge in [0.2, 0.25) is 15.6 Å². The molecule has 6 rings (SSSR count). The summed E-state index contributed by atoms with van der Waals surface area (Å²) in [6.45, 7) is 10.0. The number of fused-ring (bicyclic) bond motifs is 2. The number of sulfonamides is 1. The summed E-state index contributed by atoms with van der Waals surface area (Å²) in [6.07, 6.45) is 3.89. The lowest BCUT2D eigenvalue weighted by Gasteiger charge is -2.45. The minimum atomic E-state index is -4.15. The van der Waals surface area contributed by atoms with E-state index in [-0.39, 0.29) is 72.2 Å². The van der Waals surface area contributed by atoms with Gasteiger partial charge in [-0.15, -0.1) is 0 Å². The smallest absolute Gasteiger partial charge is 0.355 e. The summed E-state index contributed by atoms with van der Waals surface area (Å²) >= 11 is 0. The highest BCUT2D eigenvalue weighted by atomic mass is 32.2. The molecule has 0 bridgehead atoms. The lowest BCUT2D eigenvalue weighted by molar-refractivity contribution is -0.296. The minimum Gasteiger partial charge on any atom is -0.463 e. The summed E-state index contributed by atoms with van der Waals surface area (Å²) < 4.78 is 55.1. The highest BCUT2D eigenvalue weighted by Crippen LogP contribution is 2.43. The molecule has 4 aliphatic rings. The van der Waals surface area contributed by atoms with Gasteiger partial charge in [-0.3, -0.25) is 9.59 Å². The van der Waals surface area contributed by atoms with E-state index in [0.29, 0.717) is 18.9 Å². The SMILES string of the molecule is CCOC(=O)[C@@](CC)(OC(=O)[C@H]1CC2CCCCC2CN1S(=O)(=O)c1ccc(C)cc1)c1cc2n(c(=O)c1C#N)CC1(C2)OCC(C)(C)CO1. The summed E-state index contributed by atoms with van der Waals surface area (Å²) in [6, 6.07) is 8.73. The fourth-order valence-corrected chi connectivity index (χ4v) is 9.62. The largest absolute Gasteiger partial charge is 0.463 e. The molecule has 0 N–H and O–H groups in total. The highest BCUT2D eigenvalue weighted by Gasteiger charge is 2.53.